The molecule has 262 valence electrons. The van der Waals surface area contributed by atoms with Crippen LogP contribution in [0.15, 0.2) is 91.4 Å². The molecule has 3 aromatic carbocycles. The Morgan fingerprint density at radius 2 is 1.73 bits per heavy atom. The second kappa shape index (κ2) is 14.3. The molecule has 9 nitrogen and oxygen atoms in total. The SMILES string of the molecule is Cc1cccc(F)c1C(=O)N1[C@@H]2CCC[C@@H]2C[C@H](C(=O)Nc2ccc3c(cnn3Cc3ccncc3)c2)[C@@H]1c1ccc(NC2CCOCC2)cc1. The van der Waals surface area contributed by atoms with Gasteiger partial charge in [-0.1, -0.05) is 30.7 Å². The number of likely N-dealkylation sites (tertiary alicyclic amines) is 1. The topological polar surface area (TPSA) is 101 Å². The summed E-state index contributed by atoms with van der Waals surface area (Å²) in [5.74, 6) is -1.43. The van der Waals surface area contributed by atoms with E-state index >= 15 is 4.39 Å². The van der Waals surface area contributed by atoms with E-state index in [9.17, 15) is 9.59 Å². The Morgan fingerprint density at radius 1 is 0.941 bits per heavy atom. The molecule has 2 N–H and O–H groups in total. The maximum Gasteiger partial charge on any atom is 0.257 e. The minimum absolute atomic E-state index is 0.0758. The molecular weight excluding hydrogens is 643 g/mol. The number of aryl methyl sites for hydroxylation is 1. The van der Waals surface area contributed by atoms with Gasteiger partial charge in [-0.2, -0.15) is 5.10 Å². The molecular formula is C41H43FN6O3. The van der Waals surface area contributed by atoms with E-state index in [0.717, 1.165) is 73.0 Å². The molecule has 4 atom stereocenters. The summed E-state index contributed by atoms with van der Waals surface area (Å²) in [7, 11) is 0. The van der Waals surface area contributed by atoms with Crippen molar-refractivity contribution in [3.63, 3.8) is 0 Å². The third-order valence-corrected chi connectivity index (χ3v) is 11.1. The quantitative estimate of drug-likeness (QED) is 0.175. The number of pyridine rings is 1. The van der Waals surface area contributed by atoms with Crippen molar-refractivity contribution in [1.29, 1.82) is 0 Å². The van der Waals surface area contributed by atoms with Gasteiger partial charge in [-0.15, -0.1) is 0 Å². The number of benzene rings is 3. The second-order valence-corrected chi connectivity index (χ2v) is 14.3. The van der Waals surface area contributed by atoms with Crippen LogP contribution in [0.5, 0.6) is 0 Å². The number of hydrogen-bond acceptors (Lipinski definition) is 6. The molecule has 1 saturated carbocycles. The standard InChI is InChI=1S/C41H43FN6O3/c1-26-4-2-6-35(42)38(26)41(50)48-37-7-3-5-29(37)23-34(39(48)28-8-10-31(11-9-28)45-32-16-20-51-21-17-32)40(49)46-33-12-13-36-30(22-33)24-44-47(36)25-27-14-18-43-19-15-27/h2,4,6,8-15,18-19,22,24,29,32,34,37,39,45H,3,5,7,16-17,20-21,23,25H2,1H3,(H,46,49)/t29-,34+,37-,39+/m1/s1. The Labute approximate surface area is 297 Å². The summed E-state index contributed by atoms with van der Waals surface area (Å²) < 4.78 is 22.9. The first kappa shape index (κ1) is 33.1. The smallest absolute Gasteiger partial charge is 0.257 e. The van der Waals surface area contributed by atoms with Crippen LogP contribution in [0.2, 0.25) is 0 Å². The summed E-state index contributed by atoms with van der Waals surface area (Å²) in [5.41, 5.74) is 5.26. The third kappa shape index (κ3) is 6.72. The summed E-state index contributed by atoms with van der Waals surface area (Å²) in [6.07, 6.45) is 10.6. The molecule has 3 fully saturated rings. The Hall–Kier alpha value is -5.09. The highest BCUT2D eigenvalue weighted by Gasteiger charge is 2.50. The van der Waals surface area contributed by atoms with Gasteiger partial charge in [-0.05, 0) is 110 Å². The van der Waals surface area contributed by atoms with Crippen LogP contribution in [-0.4, -0.2) is 56.8 Å². The number of ether oxygens (including phenoxy) is 1. The number of carbonyl (C=O) groups is 2. The van der Waals surface area contributed by atoms with E-state index < -0.39 is 17.8 Å². The van der Waals surface area contributed by atoms with Crippen LogP contribution in [-0.2, 0) is 16.1 Å². The zero-order valence-corrected chi connectivity index (χ0v) is 28.8. The van der Waals surface area contributed by atoms with Gasteiger partial charge in [-0.3, -0.25) is 19.3 Å². The summed E-state index contributed by atoms with van der Waals surface area (Å²) in [6.45, 7) is 3.87. The summed E-state index contributed by atoms with van der Waals surface area (Å²) in [5, 5.41) is 12.3. The molecule has 4 heterocycles. The lowest BCUT2D eigenvalue weighted by atomic mass is 9.76. The van der Waals surface area contributed by atoms with Gasteiger partial charge in [0.15, 0.2) is 0 Å². The molecule has 1 aliphatic carbocycles. The van der Waals surface area contributed by atoms with Gasteiger partial charge in [0.05, 0.1) is 35.8 Å². The number of halogens is 1. The molecule has 0 bridgehead atoms. The maximum atomic E-state index is 15.4. The Balaban J connectivity index is 1.12. The van der Waals surface area contributed by atoms with Crippen molar-refractivity contribution >= 4 is 34.1 Å². The number of anilines is 2. The Bertz CT molecular complexity index is 2010. The number of nitrogens with one attached hydrogen (secondary N) is 2. The lowest BCUT2D eigenvalue weighted by Gasteiger charge is -2.48. The molecule has 0 radical (unpaired) electrons. The number of hydrogen-bond donors (Lipinski definition) is 2. The van der Waals surface area contributed by atoms with E-state index in [1.165, 1.54) is 6.07 Å². The fourth-order valence-electron chi connectivity index (χ4n) is 8.51. The van der Waals surface area contributed by atoms with E-state index in [1.54, 1.807) is 31.5 Å². The molecule has 2 saturated heterocycles. The normalized spacial score (nSPS) is 22.1. The van der Waals surface area contributed by atoms with Crippen molar-refractivity contribution in [3.8, 4) is 0 Å². The van der Waals surface area contributed by atoms with E-state index in [1.807, 2.05) is 70.4 Å². The zero-order chi connectivity index (χ0) is 34.9. The lowest BCUT2D eigenvalue weighted by molar-refractivity contribution is -0.125. The molecule has 0 unspecified atom stereocenters. The van der Waals surface area contributed by atoms with Crippen molar-refractivity contribution in [3.05, 3.63) is 119 Å². The van der Waals surface area contributed by atoms with Crippen LogP contribution in [0.3, 0.4) is 0 Å². The minimum Gasteiger partial charge on any atom is -0.382 e. The number of amides is 2. The van der Waals surface area contributed by atoms with E-state index in [0.29, 0.717) is 30.3 Å². The zero-order valence-electron chi connectivity index (χ0n) is 28.8. The second-order valence-electron chi connectivity index (χ2n) is 14.3. The van der Waals surface area contributed by atoms with E-state index in [2.05, 4.69) is 20.7 Å². The van der Waals surface area contributed by atoms with Crippen LogP contribution in [0, 0.1) is 24.6 Å². The highest BCUT2D eigenvalue weighted by Crippen LogP contribution is 2.49. The largest absolute Gasteiger partial charge is 0.382 e. The number of nitrogens with zero attached hydrogens (tertiary/aromatic N) is 4. The molecule has 10 heteroatoms. The van der Waals surface area contributed by atoms with Gasteiger partial charge < -0.3 is 20.3 Å². The monoisotopic (exact) mass is 686 g/mol. The summed E-state index contributed by atoms with van der Waals surface area (Å²) >= 11 is 0. The third-order valence-electron chi connectivity index (χ3n) is 11.1. The maximum absolute atomic E-state index is 15.4. The molecule has 0 spiro atoms. The predicted octanol–water partition coefficient (Wildman–Crippen LogP) is 7.53. The number of fused-ring (bicyclic) bond motifs is 2. The number of rotatable bonds is 8. The first-order valence-electron chi connectivity index (χ1n) is 18.1. The molecule has 51 heavy (non-hydrogen) atoms. The predicted molar refractivity (Wildman–Crippen MR) is 195 cm³/mol. The first-order valence-corrected chi connectivity index (χ1v) is 18.1. The van der Waals surface area contributed by atoms with Crippen molar-refractivity contribution in [2.75, 3.05) is 23.8 Å². The van der Waals surface area contributed by atoms with Crippen LogP contribution in [0.25, 0.3) is 10.9 Å². The van der Waals surface area contributed by atoms with Crippen LogP contribution in [0.4, 0.5) is 15.8 Å². The Kier molecular flexibility index (Phi) is 9.25. The number of piperidine rings is 1. The number of aromatic nitrogens is 3. The summed E-state index contributed by atoms with van der Waals surface area (Å²) in [4.78, 5) is 35.1. The fraction of sp³-hybridized carbons (Fsp3) is 0.366. The van der Waals surface area contributed by atoms with Gasteiger partial charge in [-0.25, -0.2) is 4.39 Å². The molecule has 2 aliphatic heterocycles. The fourth-order valence-corrected chi connectivity index (χ4v) is 8.51. The Morgan fingerprint density at radius 3 is 2.51 bits per heavy atom. The lowest BCUT2D eigenvalue weighted by Crippen LogP contribution is -2.54. The molecule has 2 aromatic heterocycles. The van der Waals surface area contributed by atoms with Gasteiger partial charge >= 0.3 is 0 Å². The van der Waals surface area contributed by atoms with Gasteiger partial charge in [0.1, 0.15) is 5.82 Å². The number of carbonyl (C=O) groups excluding carboxylic acids is 2. The molecule has 5 aromatic rings. The van der Waals surface area contributed by atoms with Crippen molar-refractivity contribution in [2.45, 2.75) is 70.1 Å². The minimum atomic E-state index is -0.570. The van der Waals surface area contributed by atoms with Crippen molar-refractivity contribution in [1.82, 2.24) is 19.7 Å². The molecule has 2 amide bonds. The first-order chi connectivity index (χ1) is 24.9. The average molecular weight is 687 g/mol. The van der Waals surface area contributed by atoms with Gasteiger partial charge in [0.2, 0.25) is 5.91 Å². The van der Waals surface area contributed by atoms with Crippen LogP contribution >= 0.6 is 0 Å². The highest BCUT2D eigenvalue weighted by atomic mass is 19.1. The van der Waals surface area contributed by atoms with Crippen LogP contribution < -0.4 is 10.6 Å². The molecule has 8 rings (SSSR count). The average Bonchev–Trinajstić information content (AvgIpc) is 3.78. The van der Waals surface area contributed by atoms with E-state index in [-0.39, 0.29) is 29.3 Å². The molecule has 3 aliphatic rings. The van der Waals surface area contributed by atoms with Crippen molar-refractivity contribution < 1.29 is 18.7 Å². The van der Waals surface area contributed by atoms with Gasteiger partial charge in [0.25, 0.3) is 5.91 Å². The van der Waals surface area contributed by atoms with Crippen LogP contribution in [0.1, 0.15) is 71.6 Å². The van der Waals surface area contributed by atoms with Crippen molar-refractivity contribution in [2.24, 2.45) is 11.8 Å². The summed E-state index contributed by atoms with van der Waals surface area (Å²) in [6, 6.07) is 22.3. The van der Waals surface area contributed by atoms with Gasteiger partial charge in [0, 0.05) is 54.5 Å². The van der Waals surface area contributed by atoms with E-state index in [4.69, 9.17) is 4.74 Å². The highest BCUT2D eigenvalue weighted by molar-refractivity contribution is 5.99.